The molecule has 3 aliphatic rings. The first-order chi connectivity index (χ1) is 19.2. The molecule has 2 aromatic carbocycles. The zero-order chi connectivity index (χ0) is 28.7. The number of rotatable bonds is 11. The largest absolute Gasteiger partial charge is 0.465 e. The van der Waals surface area contributed by atoms with Crippen LogP contribution < -0.4 is 4.90 Å². The topological polar surface area (TPSA) is 87.1 Å². The third-order valence-corrected chi connectivity index (χ3v) is 10.8. The molecule has 7 nitrogen and oxygen atoms in total. The Morgan fingerprint density at radius 3 is 2.65 bits per heavy atom. The van der Waals surface area contributed by atoms with Gasteiger partial charge in [-0.2, -0.15) is 0 Å². The number of nitrogens with zero attached hydrogens (tertiary/aromatic N) is 2. The normalized spacial score (nSPS) is 29.3. The SMILES string of the molecule is C=CCCCOC(=O)[C@@H]1[C@H]2C(=O)N([C@H](C)CO)C(C(=O)N(CC=C)c3ccc4ccccc4c3)C23CC[C@@]1(C)S3. The van der Waals surface area contributed by atoms with Gasteiger partial charge in [-0.3, -0.25) is 14.4 Å². The minimum atomic E-state index is -0.830. The molecule has 3 heterocycles. The number of aliphatic hydroxyl groups excluding tert-OH is 1. The zero-order valence-electron chi connectivity index (χ0n) is 23.3. The Morgan fingerprint density at radius 1 is 1.20 bits per heavy atom. The number of esters is 1. The van der Waals surface area contributed by atoms with E-state index in [2.05, 4.69) is 13.2 Å². The molecule has 3 saturated heterocycles. The van der Waals surface area contributed by atoms with Gasteiger partial charge in [0.2, 0.25) is 5.91 Å². The number of thioether (sulfide) groups is 1. The van der Waals surface area contributed by atoms with Crippen molar-refractivity contribution >= 4 is 46.0 Å². The summed E-state index contributed by atoms with van der Waals surface area (Å²) in [5.41, 5.74) is 0.717. The minimum absolute atomic E-state index is 0.219. The van der Waals surface area contributed by atoms with Gasteiger partial charge in [0.1, 0.15) is 6.04 Å². The van der Waals surface area contributed by atoms with E-state index in [9.17, 15) is 19.5 Å². The highest BCUT2D eigenvalue weighted by molar-refractivity contribution is 8.02. The maximum atomic E-state index is 14.7. The van der Waals surface area contributed by atoms with Gasteiger partial charge in [-0.05, 0) is 62.4 Å². The second-order valence-electron chi connectivity index (χ2n) is 11.4. The molecule has 0 saturated carbocycles. The van der Waals surface area contributed by atoms with E-state index in [1.54, 1.807) is 40.6 Å². The van der Waals surface area contributed by atoms with E-state index in [1.165, 1.54) is 0 Å². The van der Waals surface area contributed by atoms with Crippen molar-refractivity contribution in [3.8, 4) is 0 Å². The number of benzene rings is 2. The Labute approximate surface area is 240 Å². The van der Waals surface area contributed by atoms with Crippen LogP contribution in [0.25, 0.3) is 10.8 Å². The number of unbranched alkanes of at least 4 members (excludes halogenated alkanes) is 1. The van der Waals surface area contributed by atoms with E-state index < -0.39 is 33.4 Å². The summed E-state index contributed by atoms with van der Waals surface area (Å²) in [6.07, 6.45) is 6.22. The van der Waals surface area contributed by atoms with Crippen LogP contribution in [0.1, 0.15) is 39.5 Å². The third-order valence-electron chi connectivity index (χ3n) is 8.86. The fourth-order valence-corrected chi connectivity index (χ4v) is 9.32. The summed E-state index contributed by atoms with van der Waals surface area (Å²) < 4.78 is 4.40. The highest BCUT2D eigenvalue weighted by atomic mass is 32.2. The Kier molecular flexibility index (Phi) is 7.86. The summed E-state index contributed by atoms with van der Waals surface area (Å²) in [5, 5.41) is 12.2. The lowest BCUT2D eigenvalue weighted by atomic mass is 9.66. The number of likely N-dealkylation sites (tertiary alicyclic amines) is 1. The van der Waals surface area contributed by atoms with Crippen LogP contribution in [0.3, 0.4) is 0 Å². The number of hydrogen-bond acceptors (Lipinski definition) is 6. The molecule has 2 aromatic rings. The third kappa shape index (κ3) is 4.45. The summed E-state index contributed by atoms with van der Waals surface area (Å²) in [4.78, 5) is 45.6. The van der Waals surface area contributed by atoms with Crippen LogP contribution in [0.15, 0.2) is 67.8 Å². The standard InChI is InChI=1S/C32H38N2O5S/c1-5-7-10-18-39-30(38)26-25-28(36)34(21(3)20-35)27(32(25)16-15-31(26,4)40-32)29(37)33(17-6-2)24-14-13-22-11-8-9-12-23(22)19-24/h5-6,8-9,11-14,19,21,25-27,35H,1-2,7,10,15-18,20H2,3-4H3/t21-,25+,26+,27?,31-,32?/m1/s1. The number of hydrogen-bond donors (Lipinski definition) is 1. The first-order valence-electron chi connectivity index (χ1n) is 14.0. The molecule has 2 bridgehead atoms. The van der Waals surface area contributed by atoms with Crippen molar-refractivity contribution in [1.82, 2.24) is 4.90 Å². The monoisotopic (exact) mass is 562 g/mol. The number of carbonyl (C=O) groups is 3. The number of aliphatic hydroxyl groups is 1. The maximum Gasteiger partial charge on any atom is 0.311 e. The van der Waals surface area contributed by atoms with Gasteiger partial charge in [0, 0.05) is 17.0 Å². The number of carbonyl (C=O) groups excluding carboxylic acids is 3. The fraction of sp³-hybridized carbons (Fsp3) is 0.469. The molecule has 40 heavy (non-hydrogen) atoms. The number of amides is 2. The molecule has 8 heteroatoms. The van der Waals surface area contributed by atoms with Gasteiger partial charge in [-0.15, -0.1) is 24.9 Å². The van der Waals surface area contributed by atoms with Crippen molar-refractivity contribution in [3.05, 3.63) is 67.8 Å². The smallest absolute Gasteiger partial charge is 0.311 e. The predicted octanol–water partition coefficient (Wildman–Crippen LogP) is 4.73. The van der Waals surface area contributed by atoms with E-state index in [4.69, 9.17) is 4.74 Å². The molecule has 2 amide bonds. The van der Waals surface area contributed by atoms with Crippen molar-refractivity contribution in [2.24, 2.45) is 11.8 Å². The summed E-state index contributed by atoms with van der Waals surface area (Å²) in [5.74, 6) is -2.18. The average Bonchev–Trinajstić information content (AvgIpc) is 3.53. The first-order valence-corrected chi connectivity index (χ1v) is 14.9. The van der Waals surface area contributed by atoms with Crippen molar-refractivity contribution in [1.29, 1.82) is 0 Å². The van der Waals surface area contributed by atoms with Crippen LogP contribution in [0.4, 0.5) is 5.69 Å². The molecule has 0 aromatic heterocycles. The molecule has 1 spiro atoms. The maximum absolute atomic E-state index is 14.7. The summed E-state index contributed by atoms with van der Waals surface area (Å²) >= 11 is 1.60. The van der Waals surface area contributed by atoms with Crippen LogP contribution in [0.2, 0.25) is 0 Å². The van der Waals surface area contributed by atoms with Gasteiger partial charge < -0.3 is 19.6 Å². The quantitative estimate of drug-likeness (QED) is 0.242. The molecule has 212 valence electrons. The second kappa shape index (κ2) is 11.1. The molecular formula is C32H38N2O5S. The van der Waals surface area contributed by atoms with Crippen LogP contribution >= 0.6 is 11.8 Å². The average molecular weight is 563 g/mol. The van der Waals surface area contributed by atoms with Crippen molar-refractivity contribution < 1.29 is 24.2 Å². The van der Waals surface area contributed by atoms with Gasteiger partial charge in [0.15, 0.2) is 0 Å². The lowest BCUT2D eigenvalue weighted by Crippen LogP contribution is -2.57. The van der Waals surface area contributed by atoms with Gasteiger partial charge >= 0.3 is 5.97 Å². The van der Waals surface area contributed by atoms with E-state index in [0.29, 0.717) is 19.3 Å². The van der Waals surface area contributed by atoms with Crippen LogP contribution in [0.5, 0.6) is 0 Å². The lowest BCUT2D eigenvalue weighted by molar-refractivity contribution is -0.156. The van der Waals surface area contributed by atoms with Gasteiger partial charge in [0.25, 0.3) is 5.91 Å². The van der Waals surface area contributed by atoms with Crippen molar-refractivity contribution in [2.75, 3.05) is 24.7 Å². The summed E-state index contributed by atoms with van der Waals surface area (Å²) in [7, 11) is 0. The lowest BCUT2D eigenvalue weighted by Gasteiger charge is -2.38. The molecule has 6 atom stereocenters. The van der Waals surface area contributed by atoms with Crippen LogP contribution in [-0.2, 0) is 19.1 Å². The van der Waals surface area contributed by atoms with E-state index in [1.807, 2.05) is 49.4 Å². The predicted molar refractivity (Wildman–Crippen MR) is 159 cm³/mol. The van der Waals surface area contributed by atoms with Crippen LogP contribution in [0, 0.1) is 11.8 Å². The number of fused-ring (bicyclic) bond motifs is 2. The number of allylic oxidation sites excluding steroid dienone is 1. The molecule has 1 N–H and O–H groups in total. The minimum Gasteiger partial charge on any atom is -0.465 e. The molecule has 3 aliphatic heterocycles. The fourth-order valence-electron chi connectivity index (χ4n) is 7.00. The molecule has 0 radical (unpaired) electrons. The molecule has 0 aliphatic carbocycles. The summed E-state index contributed by atoms with van der Waals surface area (Å²) in [6.45, 7) is 11.6. The molecular weight excluding hydrogens is 524 g/mol. The van der Waals surface area contributed by atoms with E-state index in [-0.39, 0.29) is 37.5 Å². The van der Waals surface area contributed by atoms with Gasteiger partial charge in [-0.1, -0.05) is 42.5 Å². The number of anilines is 1. The Morgan fingerprint density at radius 2 is 1.95 bits per heavy atom. The highest BCUT2D eigenvalue weighted by Crippen LogP contribution is 2.71. The van der Waals surface area contributed by atoms with Crippen molar-refractivity contribution in [2.45, 2.75) is 61.1 Å². The van der Waals surface area contributed by atoms with E-state index in [0.717, 1.165) is 22.9 Å². The first kappa shape index (κ1) is 28.4. The zero-order valence-corrected chi connectivity index (χ0v) is 24.1. The Balaban J connectivity index is 1.55. The molecule has 2 unspecified atom stereocenters. The van der Waals surface area contributed by atoms with Gasteiger partial charge in [0.05, 0.1) is 35.8 Å². The molecule has 5 rings (SSSR count). The Bertz CT molecular complexity index is 1350. The Hall–Kier alpha value is -3.10. The number of ether oxygens (including phenoxy) is 1. The highest BCUT2D eigenvalue weighted by Gasteiger charge is 2.78. The van der Waals surface area contributed by atoms with Gasteiger partial charge in [-0.25, -0.2) is 0 Å². The summed E-state index contributed by atoms with van der Waals surface area (Å²) in [6, 6.07) is 12.4. The van der Waals surface area contributed by atoms with Crippen LogP contribution in [-0.4, -0.2) is 69.1 Å². The second-order valence-corrected chi connectivity index (χ2v) is 13.3. The van der Waals surface area contributed by atoms with E-state index >= 15 is 0 Å². The molecule has 3 fully saturated rings. The van der Waals surface area contributed by atoms with Crippen molar-refractivity contribution in [3.63, 3.8) is 0 Å².